The van der Waals surface area contributed by atoms with Gasteiger partial charge in [-0.15, -0.1) is 22.0 Å². The van der Waals surface area contributed by atoms with E-state index < -0.39 is 0 Å². The highest BCUT2D eigenvalue weighted by Crippen LogP contribution is 2.23. The van der Waals surface area contributed by atoms with Gasteiger partial charge in [0.15, 0.2) is 5.16 Å². The fraction of sp³-hybridized carbons (Fsp3) is 0.308. The van der Waals surface area contributed by atoms with Crippen LogP contribution < -0.4 is 5.73 Å². The zero-order valence-corrected chi connectivity index (χ0v) is 13.0. The molecule has 7 heteroatoms. The van der Waals surface area contributed by atoms with Gasteiger partial charge >= 0.3 is 0 Å². The Morgan fingerprint density at radius 3 is 2.60 bits per heavy atom. The summed E-state index contributed by atoms with van der Waals surface area (Å²) in [5.74, 6) is 1.48. The molecule has 1 heterocycles. The maximum absolute atomic E-state index is 10.8. The van der Waals surface area contributed by atoms with Crippen LogP contribution in [0.5, 0.6) is 0 Å². The Balaban J connectivity index is 1.96. The van der Waals surface area contributed by atoms with Crippen LogP contribution in [0.1, 0.15) is 11.4 Å². The van der Waals surface area contributed by atoms with E-state index in [4.69, 9.17) is 5.73 Å². The normalized spacial score (nSPS) is 10.7. The fourth-order valence-electron chi connectivity index (χ4n) is 1.51. The molecule has 1 amide bonds. The molecule has 106 valence electrons. The third-order valence-corrected chi connectivity index (χ3v) is 4.71. The second-order valence-corrected chi connectivity index (χ2v) is 6.31. The first-order valence-corrected chi connectivity index (χ1v) is 8.02. The summed E-state index contributed by atoms with van der Waals surface area (Å²) in [6.07, 6.45) is 0. The number of hydrogen-bond donors (Lipinski definition) is 1. The lowest BCUT2D eigenvalue weighted by molar-refractivity contribution is -0.115. The van der Waals surface area contributed by atoms with Gasteiger partial charge in [0.25, 0.3) is 0 Å². The minimum Gasteiger partial charge on any atom is -0.369 e. The van der Waals surface area contributed by atoms with E-state index in [-0.39, 0.29) is 11.7 Å². The molecule has 2 aromatic rings. The summed E-state index contributed by atoms with van der Waals surface area (Å²) in [7, 11) is 1.90. The van der Waals surface area contributed by atoms with Gasteiger partial charge in [-0.05, 0) is 19.1 Å². The van der Waals surface area contributed by atoms with E-state index in [1.165, 1.54) is 22.2 Å². The van der Waals surface area contributed by atoms with E-state index in [0.717, 1.165) is 11.6 Å². The molecule has 0 aliphatic heterocycles. The zero-order chi connectivity index (χ0) is 14.5. The van der Waals surface area contributed by atoms with Crippen LogP contribution in [0.3, 0.4) is 0 Å². The van der Waals surface area contributed by atoms with Gasteiger partial charge in [-0.25, -0.2) is 0 Å². The van der Waals surface area contributed by atoms with Gasteiger partial charge in [-0.1, -0.05) is 29.5 Å². The molecule has 0 aliphatic carbocycles. The third kappa shape index (κ3) is 4.01. The first-order valence-electron chi connectivity index (χ1n) is 6.05. The van der Waals surface area contributed by atoms with Crippen molar-refractivity contribution < 1.29 is 4.79 Å². The van der Waals surface area contributed by atoms with Crippen LogP contribution in [0.4, 0.5) is 0 Å². The van der Waals surface area contributed by atoms with E-state index in [1.54, 1.807) is 11.8 Å². The van der Waals surface area contributed by atoms with Crippen LogP contribution >= 0.6 is 23.5 Å². The SMILES string of the molecule is Cc1ccc(SCc2nnc(SCC(N)=O)n2C)cc1. The van der Waals surface area contributed by atoms with Crippen LogP contribution in [0.25, 0.3) is 0 Å². The van der Waals surface area contributed by atoms with Gasteiger partial charge < -0.3 is 10.3 Å². The molecule has 0 spiro atoms. The van der Waals surface area contributed by atoms with Crippen molar-refractivity contribution in [1.82, 2.24) is 14.8 Å². The number of carbonyl (C=O) groups is 1. The average molecular weight is 308 g/mol. The van der Waals surface area contributed by atoms with Crippen molar-refractivity contribution >= 4 is 29.4 Å². The predicted molar refractivity (Wildman–Crippen MR) is 81.7 cm³/mol. The molecular formula is C13H16N4OS2. The summed E-state index contributed by atoms with van der Waals surface area (Å²) < 4.78 is 1.90. The fourth-order valence-corrected chi connectivity index (χ4v) is 3.06. The van der Waals surface area contributed by atoms with E-state index >= 15 is 0 Å². The summed E-state index contributed by atoms with van der Waals surface area (Å²) in [4.78, 5) is 12.0. The first-order chi connectivity index (χ1) is 9.56. The standard InChI is InChI=1S/C13H16N4OS2/c1-9-3-5-10(6-4-9)19-8-12-15-16-13(17(12)2)20-7-11(14)18/h3-6H,7-8H2,1-2H3,(H2,14,18). The van der Waals surface area contributed by atoms with Crippen molar-refractivity contribution in [3.05, 3.63) is 35.7 Å². The third-order valence-electron chi connectivity index (χ3n) is 2.66. The average Bonchev–Trinajstić information content (AvgIpc) is 2.77. The van der Waals surface area contributed by atoms with E-state index in [0.29, 0.717) is 5.16 Å². The van der Waals surface area contributed by atoms with E-state index in [1.807, 2.05) is 11.6 Å². The second kappa shape index (κ2) is 6.81. The van der Waals surface area contributed by atoms with Gasteiger partial charge in [0.2, 0.25) is 5.91 Å². The Labute approximate surface area is 126 Å². The Morgan fingerprint density at radius 1 is 1.25 bits per heavy atom. The highest BCUT2D eigenvalue weighted by Gasteiger charge is 2.10. The molecule has 0 saturated heterocycles. The topological polar surface area (TPSA) is 73.8 Å². The number of nitrogens with zero attached hydrogens (tertiary/aromatic N) is 3. The van der Waals surface area contributed by atoms with Crippen molar-refractivity contribution in [2.45, 2.75) is 22.7 Å². The minimum absolute atomic E-state index is 0.219. The Kier molecular flexibility index (Phi) is 5.08. The molecule has 0 radical (unpaired) electrons. The monoisotopic (exact) mass is 308 g/mol. The maximum Gasteiger partial charge on any atom is 0.227 e. The number of aryl methyl sites for hydroxylation is 1. The van der Waals surface area contributed by atoms with Gasteiger partial charge in [-0.2, -0.15) is 0 Å². The highest BCUT2D eigenvalue weighted by molar-refractivity contribution is 7.99. The Hall–Kier alpha value is -1.47. The lowest BCUT2D eigenvalue weighted by Crippen LogP contribution is -2.13. The number of nitrogens with two attached hydrogens (primary N) is 1. The maximum atomic E-state index is 10.8. The Bertz CT molecular complexity index is 595. The number of amides is 1. The van der Waals surface area contributed by atoms with Gasteiger partial charge in [0.1, 0.15) is 5.82 Å². The zero-order valence-electron chi connectivity index (χ0n) is 11.4. The summed E-state index contributed by atoms with van der Waals surface area (Å²) in [6.45, 7) is 2.07. The molecule has 2 rings (SSSR count). The number of carbonyl (C=O) groups excluding carboxylic acids is 1. The lowest BCUT2D eigenvalue weighted by Gasteiger charge is -2.03. The van der Waals surface area contributed by atoms with E-state index in [9.17, 15) is 4.79 Å². The molecule has 0 fully saturated rings. The summed E-state index contributed by atoms with van der Waals surface area (Å²) >= 11 is 3.02. The largest absolute Gasteiger partial charge is 0.369 e. The van der Waals surface area contributed by atoms with Crippen molar-refractivity contribution in [3.8, 4) is 0 Å². The Morgan fingerprint density at radius 2 is 1.95 bits per heavy atom. The molecule has 0 aliphatic rings. The molecule has 1 aromatic carbocycles. The second-order valence-electron chi connectivity index (χ2n) is 4.31. The minimum atomic E-state index is -0.353. The predicted octanol–water partition coefficient (Wildman–Crippen LogP) is 1.99. The number of hydrogen-bond acceptors (Lipinski definition) is 5. The molecule has 0 atom stereocenters. The van der Waals surface area contributed by atoms with Crippen molar-refractivity contribution in [2.24, 2.45) is 12.8 Å². The van der Waals surface area contributed by atoms with Crippen LogP contribution in [-0.4, -0.2) is 26.4 Å². The molecule has 5 nitrogen and oxygen atoms in total. The van der Waals surface area contributed by atoms with Crippen LogP contribution in [-0.2, 0) is 17.6 Å². The number of aromatic nitrogens is 3. The first kappa shape index (κ1) is 14.9. The molecule has 0 bridgehead atoms. The molecule has 1 aromatic heterocycles. The van der Waals surface area contributed by atoms with Crippen molar-refractivity contribution in [1.29, 1.82) is 0 Å². The van der Waals surface area contributed by atoms with Crippen LogP contribution in [0, 0.1) is 6.92 Å². The van der Waals surface area contributed by atoms with Crippen molar-refractivity contribution in [2.75, 3.05) is 5.75 Å². The van der Waals surface area contributed by atoms with Gasteiger partial charge in [0.05, 0.1) is 11.5 Å². The molecule has 20 heavy (non-hydrogen) atoms. The van der Waals surface area contributed by atoms with Crippen molar-refractivity contribution in [3.63, 3.8) is 0 Å². The lowest BCUT2D eigenvalue weighted by atomic mass is 10.2. The number of rotatable bonds is 6. The quantitative estimate of drug-likeness (QED) is 0.826. The molecule has 2 N–H and O–H groups in total. The summed E-state index contributed by atoms with van der Waals surface area (Å²) in [5, 5.41) is 8.93. The van der Waals surface area contributed by atoms with Gasteiger partial charge in [0, 0.05) is 11.9 Å². The molecular weight excluding hydrogens is 292 g/mol. The number of thioether (sulfide) groups is 2. The summed E-state index contributed by atoms with van der Waals surface area (Å²) in [6, 6.07) is 8.37. The van der Waals surface area contributed by atoms with Crippen LogP contribution in [0.2, 0.25) is 0 Å². The van der Waals surface area contributed by atoms with Gasteiger partial charge in [-0.3, -0.25) is 4.79 Å². The summed E-state index contributed by atoms with van der Waals surface area (Å²) in [5.41, 5.74) is 6.37. The van der Waals surface area contributed by atoms with E-state index in [2.05, 4.69) is 41.4 Å². The molecule has 0 unspecified atom stereocenters. The number of primary amides is 1. The highest BCUT2D eigenvalue weighted by atomic mass is 32.2. The van der Waals surface area contributed by atoms with Crippen LogP contribution in [0.15, 0.2) is 34.3 Å². The molecule has 0 saturated carbocycles. The number of benzene rings is 1. The smallest absolute Gasteiger partial charge is 0.227 e.